The van der Waals surface area contributed by atoms with Crippen LogP contribution in [0.3, 0.4) is 0 Å². The summed E-state index contributed by atoms with van der Waals surface area (Å²) in [5.41, 5.74) is 4.18. The van der Waals surface area contributed by atoms with Crippen LogP contribution in [0.5, 0.6) is 0 Å². The number of thiocarbonyl (C=S) groups is 1. The number of nitrogens with one attached hydrogen (secondary N) is 1. The van der Waals surface area contributed by atoms with E-state index in [1.165, 1.54) is 23.3 Å². The highest BCUT2D eigenvalue weighted by Crippen LogP contribution is 2.14. The van der Waals surface area contributed by atoms with Crippen molar-refractivity contribution < 1.29 is 4.39 Å². The standard InChI is InChI=1S/C25H23FN4S/c26-23-13-11-22(12-14-23)18-30-19-24(15-27-30)28-25(31)29(16-20-7-3-1-4-8-20)17-21-9-5-2-6-10-21/h1-15,19H,16-18H2,(H,28,31). The molecule has 6 heteroatoms. The van der Waals surface area contributed by atoms with Gasteiger partial charge in [-0.05, 0) is 41.0 Å². The highest BCUT2D eigenvalue weighted by molar-refractivity contribution is 7.80. The molecule has 1 heterocycles. The van der Waals surface area contributed by atoms with Crippen molar-refractivity contribution in [1.82, 2.24) is 14.7 Å². The van der Waals surface area contributed by atoms with E-state index in [0.717, 1.165) is 11.3 Å². The minimum atomic E-state index is -0.242. The molecule has 0 aliphatic carbocycles. The second-order valence-corrected chi connectivity index (χ2v) is 7.70. The van der Waals surface area contributed by atoms with Gasteiger partial charge >= 0.3 is 0 Å². The van der Waals surface area contributed by atoms with Crippen molar-refractivity contribution in [2.45, 2.75) is 19.6 Å². The maximum atomic E-state index is 13.1. The summed E-state index contributed by atoms with van der Waals surface area (Å²) < 4.78 is 14.9. The van der Waals surface area contributed by atoms with E-state index in [2.05, 4.69) is 39.6 Å². The van der Waals surface area contributed by atoms with Gasteiger partial charge in [0.05, 0.1) is 18.4 Å². The number of rotatable bonds is 7. The molecule has 1 aromatic heterocycles. The molecule has 156 valence electrons. The normalized spacial score (nSPS) is 10.6. The van der Waals surface area contributed by atoms with Crippen LogP contribution in [0.1, 0.15) is 16.7 Å². The zero-order chi connectivity index (χ0) is 21.5. The fraction of sp³-hybridized carbons (Fsp3) is 0.120. The van der Waals surface area contributed by atoms with E-state index in [1.807, 2.05) is 42.6 Å². The third-order valence-electron chi connectivity index (χ3n) is 4.86. The van der Waals surface area contributed by atoms with Gasteiger partial charge in [-0.2, -0.15) is 5.10 Å². The van der Waals surface area contributed by atoms with E-state index in [1.54, 1.807) is 23.0 Å². The quantitative estimate of drug-likeness (QED) is 0.394. The Balaban J connectivity index is 1.45. The van der Waals surface area contributed by atoms with E-state index in [-0.39, 0.29) is 5.82 Å². The van der Waals surface area contributed by atoms with Crippen molar-refractivity contribution in [2.24, 2.45) is 0 Å². The molecule has 0 amide bonds. The van der Waals surface area contributed by atoms with Crippen LogP contribution in [-0.2, 0) is 19.6 Å². The fourth-order valence-electron chi connectivity index (χ4n) is 3.30. The van der Waals surface area contributed by atoms with Gasteiger partial charge in [0.2, 0.25) is 0 Å². The van der Waals surface area contributed by atoms with Crippen LogP contribution >= 0.6 is 12.2 Å². The number of nitrogens with zero attached hydrogens (tertiary/aromatic N) is 3. The summed E-state index contributed by atoms with van der Waals surface area (Å²) in [6, 6.07) is 27.0. The van der Waals surface area contributed by atoms with Crippen LogP contribution in [-0.4, -0.2) is 19.8 Å². The Morgan fingerprint density at radius 2 is 1.42 bits per heavy atom. The zero-order valence-corrected chi connectivity index (χ0v) is 17.8. The molecule has 0 atom stereocenters. The summed E-state index contributed by atoms with van der Waals surface area (Å²) in [5.74, 6) is -0.242. The molecule has 0 unspecified atom stereocenters. The van der Waals surface area contributed by atoms with Crippen LogP contribution < -0.4 is 5.32 Å². The molecule has 0 aliphatic heterocycles. The average Bonchev–Trinajstić information content (AvgIpc) is 3.23. The highest BCUT2D eigenvalue weighted by Gasteiger charge is 2.13. The SMILES string of the molecule is Fc1ccc(Cn2cc(NC(=S)N(Cc3ccccc3)Cc3ccccc3)cn2)cc1. The van der Waals surface area contributed by atoms with Crippen molar-refractivity contribution in [2.75, 3.05) is 5.32 Å². The smallest absolute Gasteiger partial charge is 0.174 e. The monoisotopic (exact) mass is 430 g/mol. The molecule has 0 saturated heterocycles. The van der Waals surface area contributed by atoms with Crippen LogP contribution in [0.15, 0.2) is 97.3 Å². The molecule has 0 aliphatic rings. The minimum Gasteiger partial charge on any atom is -0.340 e. The first-order valence-electron chi connectivity index (χ1n) is 10.1. The molecule has 4 nitrogen and oxygen atoms in total. The Bertz CT molecular complexity index is 1070. The molecule has 0 bridgehead atoms. The summed E-state index contributed by atoms with van der Waals surface area (Å²) >= 11 is 5.75. The van der Waals surface area contributed by atoms with Gasteiger partial charge in [0, 0.05) is 19.3 Å². The lowest BCUT2D eigenvalue weighted by atomic mass is 10.2. The molecule has 0 radical (unpaired) electrons. The molecule has 0 saturated carbocycles. The number of halogens is 1. The average molecular weight is 431 g/mol. The number of aromatic nitrogens is 2. The van der Waals surface area contributed by atoms with Crippen LogP contribution in [0.2, 0.25) is 0 Å². The van der Waals surface area contributed by atoms with Crippen molar-refractivity contribution in [3.63, 3.8) is 0 Å². The van der Waals surface area contributed by atoms with Crippen molar-refractivity contribution >= 4 is 23.0 Å². The first-order valence-corrected chi connectivity index (χ1v) is 10.5. The lowest BCUT2D eigenvalue weighted by Crippen LogP contribution is -2.33. The molecule has 1 N–H and O–H groups in total. The summed E-state index contributed by atoms with van der Waals surface area (Å²) in [7, 11) is 0. The van der Waals surface area contributed by atoms with Crippen molar-refractivity contribution in [3.8, 4) is 0 Å². The first kappa shape index (κ1) is 20.8. The molecule has 4 aromatic rings. The van der Waals surface area contributed by atoms with Gasteiger partial charge in [0.25, 0.3) is 0 Å². The van der Waals surface area contributed by atoms with Gasteiger partial charge in [-0.25, -0.2) is 4.39 Å². The zero-order valence-electron chi connectivity index (χ0n) is 17.0. The van der Waals surface area contributed by atoms with Gasteiger partial charge < -0.3 is 10.2 Å². The van der Waals surface area contributed by atoms with Gasteiger partial charge in [-0.15, -0.1) is 0 Å². The largest absolute Gasteiger partial charge is 0.340 e. The Labute approximate surface area is 187 Å². The lowest BCUT2D eigenvalue weighted by molar-refractivity contribution is 0.413. The molecule has 4 rings (SSSR count). The number of anilines is 1. The maximum Gasteiger partial charge on any atom is 0.174 e. The van der Waals surface area contributed by atoms with Crippen LogP contribution in [0.25, 0.3) is 0 Å². The topological polar surface area (TPSA) is 33.1 Å². The van der Waals surface area contributed by atoms with E-state index in [9.17, 15) is 4.39 Å². The second kappa shape index (κ2) is 10.00. The van der Waals surface area contributed by atoms with Crippen molar-refractivity contribution in [3.05, 3.63) is 120 Å². The Hall–Kier alpha value is -3.51. The molecular formula is C25H23FN4S. The van der Waals surface area contributed by atoms with Crippen LogP contribution in [0.4, 0.5) is 10.1 Å². The first-order chi connectivity index (χ1) is 15.2. The van der Waals surface area contributed by atoms with E-state index >= 15 is 0 Å². The molecule has 31 heavy (non-hydrogen) atoms. The number of hydrogen-bond donors (Lipinski definition) is 1. The third-order valence-corrected chi connectivity index (χ3v) is 5.22. The Kier molecular flexibility index (Phi) is 6.69. The van der Waals surface area contributed by atoms with E-state index in [4.69, 9.17) is 12.2 Å². The van der Waals surface area contributed by atoms with Gasteiger partial charge in [-0.1, -0.05) is 72.8 Å². The molecule has 0 spiro atoms. The fourth-order valence-corrected chi connectivity index (χ4v) is 3.55. The Morgan fingerprint density at radius 3 is 2.00 bits per heavy atom. The Morgan fingerprint density at radius 1 is 0.839 bits per heavy atom. The van der Waals surface area contributed by atoms with Crippen molar-refractivity contribution in [1.29, 1.82) is 0 Å². The summed E-state index contributed by atoms with van der Waals surface area (Å²) in [5, 5.41) is 8.34. The van der Waals surface area contributed by atoms with E-state index < -0.39 is 0 Å². The van der Waals surface area contributed by atoms with Crippen LogP contribution in [0, 0.1) is 5.82 Å². The molecular weight excluding hydrogens is 407 g/mol. The molecule has 0 fully saturated rings. The maximum absolute atomic E-state index is 13.1. The summed E-state index contributed by atoms with van der Waals surface area (Å²) in [4.78, 5) is 2.14. The lowest BCUT2D eigenvalue weighted by Gasteiger charge is -2.26. The number of hydrogen-bond acceptors (Lipinski definition) is 2. The van der Waals surface area contributed by atoms with Gasteiger partial charge in [0.1, 0.15) is 5.82 Å². The number of benzene rings is 3. The second-order valence-electron chi connectivity index (χ2n) is 7.31. The highest BCUT2D eigenvalue weighted by atomic mass is 32.1. The predicted octanol–water partition coefficient (Wildman–Crippen LogP) is 5.47. The van der Waals surface area contributed by atoms with Gasteiger partial charge in [-0.3, -0.25) is 4.68 Å². The third kappa shape index (κ3) is 5.99. The summed E-state index contributed by atoms with van der Waals surface area (Å²) in [6.07, 6.45) is 3.65. The molecule has 3 aromatic carbocycles. The minimum absolute atomic E-state index is 0.242. The summed E-state index contributed by atoms with van der Waals surface area (Å²) in [6.45, 7) is 1.96. The van der Waals surface area contributed by atoms with Gasteiger partial charge in [0.15, 0.2) is 5.11 Å². The predicted molar refractivity (Wildman–Crippen MR) is 126 cm³/mol. The van der Waals surface area contributed by atoms with E-state index in [0.29, 0.717) is 24.7 Å².